The first kappa shape index (κ1) is 14.5. The second-order valence-electron chi connectivity index (χ2n) is 7.65. The zero-order valence-corrected chi connectivity index (χ0v) is 14.3. The molecule has 0 spiro atoms. The molecule has 5 rings (SSSR count). The van der Waals surface area contributed by atoms with Crippen molar-refractivity contribution >= 4 is 38.4 Å². The first-order valence-corrected chi connectivity index (χ1v) is 8.64. The topological polar surface area (TPSA) is 38.3 Å². The minimum absolute atomic E-state index is 0.0710. The minimum atomic E-state index is -0.338. The van der Waals surface area contributed by atoms with Crippen LogP contribution in [0.4, 0.5) is 4.79 Å². The van der Waals surface area contributed by atoms with Gasteiger partial charge in [-0.25, -0.2) is 4.79 Å². The van der Waals surface area contributed by atoms with Gasteiger partial charge >= 0.3 is 6.09 Å². The van der Waals surface area contributed by atoms with Crippen LogP contribution >= 0.6 is 0 Å². The van der Waals surface area contributed by atoms with Crippen LogP contribution in [0.3, 0.4) is 0 Å². The molecule has 1 N–H and O–H groups in total. The van der Waals surface area contributed by atoms with Gasteiger partial charge in [0.1, 0.15) is 6.61 Å². The Balaban J connectivity index is 1.86. The average Bonchev–Trinajstić information content (AvgIpc) is 2.62. The number of alkyl carbamates (subject to hydrolysis) is 1. The summed E-state index contributed by atoms with van der Waals surface area (Å²) in [4.78, 5) is 11.9. The molecule has 1 atom stereocenters. The van der Waals surface area contributed by atoms with Gasteiger partial charge in [-0.1, -0.05) is 68.4 Å². The van der Waals surface area contributed by atoms with Crippen LogP contribution in [-0.4, -0.2) is 12.7 Å². The molecule has 0 aliphatic carbocycles. The quantitative estimate of drug-likeness (QED) is 0.475. The van der Waals surface area contributed by atoms with Gasteiger partial charge in [0.25, 0.3) is 0 Å². The molecular weight excluding hydrogens is 310 g/mol. The molecule has 3 nitrogen and oxygen atoms in total. The highest BCUT2D eigenvalue weighted by molar-refractivity contribution is 6.23. The van der Waals surface area contributed by atoms with E-state index in [9.17, 15) is 4.79 Å². The van der Waals surface area contributed by atoms with Crippen LogP contribution in [-0.2, 0) is 4.74 Å². The van der Waals surface area contributed by atoms with Crippen molar-refractivity contribution in [2.45, 2.75) is 19.9 Å². The predicted octanol–water partition coefficient (Wildman–Crippen LogP) is 5.39. The number of rotatable bonds is 1. The second kappa shape index (κ2) is 4.85. The van der Waals surface area contributed by atoms with E-state index in [1.165, 1.54) is 32.3 Å². The Morgan fingerprint density at radius 2 is 1.56 bits per heavy atom. The highest BCUT2D eigenvalue weighted by Gasteiger charge is 2.38. The molecule has 0 bridgehead atoms. The Hall–Kier alpha value is -2.81. The lowest BCUT2D eigenvalue weighted by atomic mass is 9.78. The van der Waals surface area contributed by atoms with Crippen LogP contribution in [0.15, 0.2) is 54.6 Å². The monoisotopic (exact) mass is 329 g/mol. The molecule has 1 heterocycles. The summed E-state index contributed by atoms with van der Waals surface area (Å²) in [7, 11) is 0. The van der Waals surface area contributed by atoms with Gasteiger partial charge in [-0.05, 0) is 37.9 Å². The molecule has 4 aromatic rings. The maximum atomic E-state index is 11.9. The van der Waals surface area contributed by atoms with Crippen molar-refractivity contribution < 1.29 is 9.53 Å². The van der Waals surface area contributed by atoms with Crippen LogP contribution in [0.1, 0.15) is 25.5 Å². The van der Waals surface area contributed by atoms with Gasteiger partial charge < -0.3 is 10.1 Å². The third kappa shape index (κ3) is 2.02. The van der Waals surface area contributed by atoms with E-state index in [1.54, 1.807) is 0 Å². The Bertz CT molecular complexity index is 1110. The van der Waals surface area contributed by atoms with E-state index in [0.717, 1.165) is 5.56 Å². The maximum Gasteiger partial charge on any atom is 0.407 e. The number of carbonyl (C=O) groups excluding carboxylic acids is 1. The van der Waals surface area contributed by atoms with Crippen molar-refractivity contribution in [3.63, 3.8) is 0 Å². The highest BCUT2D eigenvalue weighted by atomic mass is 16.6. The summed E-state index contributed by atoms with van der Waals surface area (Å²) in [5.74, 6) is 0. The molecule has 0 unspecified atom stereocenters. The van der Waals surface area contributed by atoms with Crippen molar-refractivity contribution in [2.75, 3.05) is 6.61 Å². The molecule has 1 fully saturated rings. The van der Waals surface area contributed by atoms with Gasteiger partial charge in [0.05, 0.1) is 6.04 Å². The minimum Gasteiger partial charge on any atom is -0.449 e. The lowest BCUT2D eigenvalue weighted by molar-refractivity contribution is 0.0391. The van der Waals surface area contributed by atoms with Gasteiger partial charge in [-0.2, -0.15) is 0 Å². The summed E-state index contributed by atoms with van der Waals surface area (Å²) < 4.78 is 5.22. The number of nitrogens with one attached hydrogen (secondary N) is 1. The van der Waals surface area contributed by atoms with Crippen molar-refractivity contribution in [3.05, 3.63) is 60.2 Å². The zero-order chi connectivity index (χ0) is 17.2. The number of amides is 1. The number of benzene rings is 4. The fraction of sp³-hybridized carbons (Fsp3) is 0.227. The largest absolute Gasteiger partial charge is 0.449 e. The molecule has 0 radical (unpaired) electrons. The average molecular weight is 329 g/mol. The van der Waals surface area contributed by atoms with Crippen molar-refractivity contribution in [1.29, 1.82) is 0 Å². The summed E-state index contributed by atoms with van der Waals surface area (Å²) in [6, 6.07) is 19.4. The van der Waals surface area contributed by atoms with Crippen LogP contribution < -0.4 is 5.32 Å². The fourth-order valence-corrected chi connectivity index (χ4v) is 4.20. The smallest absolute Gasteiger partial charge is 0.407 e. The van der Waals surface area contributed by atoms with E-state index in [4.69, 9.17) is 4.74 Å². The summed E-state index contributed by atoms with van der Waals surface area (Å²) in [5.41, 5.74) is 0.990. The molecule has 1 aliphatic heterocycles. The van der Waals surface area contributed by atoms with E-state index in [-0.39, 0.29) is 17.6 Å². The summed E-state index contributed by atoms with van der Waals surface area (Å²) in [6.07, 6.45) is -0.338. The van der Waals surface area contributed by atoms with E-state index >= 15 is 0 Å². The number of ether oxygens (including phenoxy) is 1. The van der Waals surface area contributed by atoms with Crippen molar-refractivity contribution in [2.24, 2.45) is 5.41 Å². The maximum absolute atomic E-state index is 11.9. The van der Waals surface area contributed by atoms with Gasteiger partial charge in [-0.15, -0.1) is 0 Å². The fourth-order valence-electron chi connectivity index (χ4n) is 4.20. The summed E-state index contributed by atoms with van der Waals surface area (Å²) >= 11 is 0. The van der Waals surface area contributed by atoms with E-state index in [0.29, 0.717) is 6.61 Å². The number of hydrogen-bond acceptors (Lipinski definition) is 2. The molecule has 0 aromatic heterocycles. The molecule has 4 aromatic carbocycles. The summed E-state index contributed by atoms with van der Waals surface area (Å²) in [6.45, 7) is 4.69. The molecule has 1 aliphatic rings. The molecular formula is C22H19NO2. The zero-order valence-electron chi connectivity index (χ0n) is 14.3. The highest BCUT2D eigenvalue weighted by Crippen LogP contribution is 2.43. The predicted molar refractivity (Wildman–Crippen MR) is 101 cm³/mol. The van der Waals surface area contributed by atoms with Crippen LogP contribution in [0.2, 0.25) is 0 Å². The van der Waals surface area contributed by atoms with Gasteiger partial charge in [-0.3, -0.25) is 0 Å². The van der Waals surface area contributed by atoms with Crippen LogP contribution in [0.5, 0.6) is 0 Å². The number of cyclic esters (lactones) is 1. The Kier molecular flexibility index (Phi) is 2.82. The van der Waals surface area contributed by atoms with E-state index < -0.39 is 0 Å². The van der Waals surface area contributed by atoms with Gasteiger partial charge in [0, 0.05) is 5.41 Å². The lowest BCUT2D eigenvalue weighted by Crippen LogP contribution is -2.47. The normalized spacial score (nSPS) is 20.1. The van der Waals surface area contributed by atoms with Crippen LogP contribution in [0.25, 0.3) is 32.3 Å². The molecule has 0 saturated carbocycles. The van der Waals surface area contributed by atoms with Gasteiger partial charge in [0.15, 0.2) is 0 Å². The molecule has 25 heavy (non-hydrogen) atoms. The van der Waals surface area contributed by atoms with Crippen molar-refractivity contribution in [1.82, 2.24) is 5.32 Å². The Morgan fingerprint density at radius 1 is 0.920 bits per heavy atom. The third-order valence-corrected chi connectivity index (χ3v) is 5.49. The second-order valence-corrected chi connectivity index (χ2v) is 7.65. The SMILES string of the molecule is CC1(C)COC(=O)N[C@H]1c1ccc2ccc3cccc4ccc1c2c34. The third-order valence-electron chi connectivity index (χ3n) is 5.49. The molecule has 1 amide bonds. The van der Waals surface area contributed by atoms with Crippen molar-refractivity contribution in [3.8, 4) is 0 Å². The van der Waals surface area contributed by atoms with E-state index in [2.05, 4.69) is 73.8 Å². The molecule has 124 valence electrons. The van der Waals surface area contributed by atoms with E-state index in [1.807, 2.05) is 0 Å². The lowest BCUT2D eigenvalue weighted by Gasteiger charge is -2.39. The van der Waals surface area contributed by atoms with Crippen LogP contribution in [0, 0.1) is 5.41 Å². The first-order chi connectivity index (χ1) is 12.0. The summed E-state index contributed by atoms with van der Waals surface area (Å²) in [5, 5.41) is 10.6. The number of carbonyl (C=O) groups is 1. The molecule has 3 heteroatoms. The number of hydrogen-bond donors (Lipinski definition) is 1. The Morgan fingerprint density at radius 3 is 2.32 bits per heavy atom. The standard InChI is InChI=1S/C22H19NO2/c1-22(2)12-25-21(24)23-20(22)17-11-9-15-7-6-13-4-3-5-14-8-10-16(17)19(15)18(13)14/h3-11,20H,12H2,1-2H3,(H,23,24)/t20-/m0/s1. The first-order valence-electron chi connectivity index (χ1n) is 8.64. The van der Waals surface area contributed by atoms with Gasteiger partial charge in [0.2, 0.25) is 0 Å². The molecule has 1 saturated heterocycles. The Labute approximate surface area is 145 Å².